The molecular formula is C10H14N2O. The van der Waals surface area contributed by atoms with Crippen LogP contribution in [-0.4, -0.2) is 37.1 Å². The predicted molar refractivity (Wildman–Crippen MR) is 52.2 cm³/mol. The number of nitrogens with zero attached hydrogens (tertiary/aromatic N) is 2. The first-order chi connectivity index (χ1) is 6.13. The Labute approximate surface area is 78.5 Å². The Morgan fingerprint density at radius 2 is 1.62 bits per heavy atom. The Balaban J connectivity index is 2.80. The van der Waals surface area contributed by atoms with Gasteiger partial charge in [0.2, 0.25) is 0 Å². The summed E-state index contributed by atoms with van der Waals surface area (Å²) in [6.45, 7) is 0. The van der Waals surface area contributed by atoms with Gasteiger partial charge in [0.05, 0.1) is 0 Å². The van der Waals surface area contributed by atoms with Gasteiger partial charge in [-0.05, 0) is 12.1 Å². The Kier molecular flexibility index (Phi) is 3.03. The molecule has 0 aromatic heterocycles. The highest BCUT2D eigenvalue weighted by molar-refractivity contribution is 5.93. The van der Waals surface area contributed by atoms with Gasteiger partial charge in [-0.25, -0.2) is 5.01 Å². The van der Waals surface area contributed by atoms with Crippen molar-refractivity contribution >= 4 is 5.91 Å². The molecule has 1 aromatic rings. The largest absolute Gasteiger partial charge is 0.275 e. The van der Waals surface area contributed by atoms with E-state index in [-0.39, 0.29) is 5.91 Å². The van der Waals surface area contributed by atoms with E-state index in [1.165, 1.54) is 0 Å². The Bertz CT molecular complexity index is 282. The first kappa shape index (κ1) is 9.74. The van der Waals surface area contributed by atoms with Crippen LogP contribution in [0.2, 0.25) is 0 Å². The highest BCUT2D eigenvalue weighted by atomic mass is 16.2. The summed E-state index contributed by atoms with van der Waals surface area (Å²) in [5.41, 5.74) is 0.707. The van der Waals surface area contributed by atoms with Crippen molar-refractivity contribution in [2.24, 2.45) is 0 Å². The Morgan fingerprint density at radius 3 is 2.08 bits per heavy atom. The average Bonchev–Trinajstić information content (AvgIpc) is 2.17. The average molecular weight is 178 g/mol. The van der Waals surface area contributed by atoms with Crippen molar-refractivity contribution in [2.45, 2.75) is 0 Å². The standard InChI is InChI=1S/C10H14N2O/c1-11(2)12(3)10(13)9-7-5-4-6-8-9/h4-8H,1-3H3. The number of amides is 1. The quantitative estimate of drug-likeness (QED) is 0.636. The fraction of sp³-hybridized carbons (Fsp3) is 0.300. The normalized spacial score (nSPS) is 10.2. The van der Waals surface area contributed by atoms with Crippen LogP contribution < -0.4 is 0 Å². The van der Waals surface area contributed by atoms with Gasteiger partial charge in [0.15, 0.2) is 0 Å². The number of carbonyl (C=O) groups is 1. The molecule has 0 heterocycles. The van der Waals surface area contributed by atoms with Crippen molar-refractivity contribution in [2.75, 3.05) is 21.1 Å². The van der Waals surface area contributed by atoms with Gasteiger partial charge in [0.1, 0.15) is 0 Å². The van der Waals surface area contributed by atoms with E-state index in [9.17, 15) is 4.79 Å². The zero-order valence-corrected chi connectivity index (χ0v) is 8.19. The predicted octanol–water partition coefficient (Wildman–Crippen LogP) is 1.24. The van der Waals surface area contributed by atoms with E-state index in [1.807, 2.05) is 44.4 Å². The fourth-order valence-electron chi connectivity index (χ4n) is 0.949. The maximum Gasteiger partial charge on any atom is 0.267 e. The molecule has 0 aliphatic carbocycles. The van der Waals surface area contributed by atoms with Crippen molar-refractivity contribution in [3.8, 4) is 0 Å². The minimum Gasteiger partial charge on any atom is -0.275 e. The number of benzene rings is 1. The van der Waals surface area contributed by atoms with E-state index in [0.717, 1.165) is 0 Å². The lowest BCUT2D eigenvalue weighted by molar-refractivity contribution is 0.0341. The fourth-order valence-corrected chi connectivity index (χ4v) is 0.949. The van der Waals surface area contributed by atoms with Crippen LogP contribution >= 0.6 is 0 Å². The molecule has 0 radical (unpaired) electrons. The minimum atomic E-state index is 0.00519. The number of rotatable bonds is 2. The van der Waals surface area contributed by atoms with Gasteiger partial charge in [-0.2, -0.15) is 0 Å². The van der Waals surface area contributed by atoms with Crippen molar-refractivity contribution in [3.63, 3.8) is 0 Å². The maximum absolute atomic E-state index is 11.7. The molecule has 0 aliphatic rings. The van der Waals surface area contributed by atoms with Gasteiger partial charge in [-0.3, -0.25) is 9.80 Å². The second kappa shape index (κ2) is 4.05. The summed E-state index contributed by atoms with van der Waals surface area (Å²) in [7, 11) is 5.41. The number of hydrogen-bond acceptors (Lipinski definition) is 2. The first-order valence-corrected chi connectivity index (χ1v) is 4.13. The number of carbonyl (C=O) groups excluding carboxylic acids is 1. The monoisotopic (exact) mass is 178 g/mol. The summed E-state index contributed by atoms with van der Waals surface area (Å²) in [4.78, 5) is 11.7. The number of hydrazine groups is 1. The van der Waals surface area contributed by atoms with Gasteiger partial charge >= 0.3 is 0 Å². The molecule has 13 heavy (non-hydrogen) atoms. The molecule has 3 nitrogen and oxygen atoms in total. The second-order valence-electron chi connectivity index (χ2n) is 3.04. The molecule has 0 N–H and O–H groups in total. The zero-order valence-electron chi connectivity index (χ0n) is 8.19. The molecule has 0 saturated heterocycles. The van der Waals surface area contributed by atoms with Gasteiger partial charge in [0.25, 0.3) is 5.91 Å². The van der Waals surface area contributed by atoms with Gasteiger partial charge in [-0.1, -0.05) is 18.2 Å². The van der Waals surface area contributed by atoms with E-state index in [2.05, 4.69) is 0 Å². The lowest BCUT2D eigenvalue weighted by Gasteiger charge is -2.24. The second-order valence-corrected chi connectivity index (χ2v) is 3.04. The van der Waals surface area contributed by atoms with E-state index in [0.29, 0.717) is 5.56 Å². The Hall–Kier alpha value is -1.35. The summed E-state index contributed by atoms with van der Waals surface area (Å²) < 4.78 is 0. The van der Waals surface area contributed by atoms with Crippen LogP contribution in [0.1, 0.15) is 10.4 Å². The Morgan fingerprint density at radius 1 is 1.08 bits per heavy atom. The van der Waals surface area contributed by atoms with Gasteiger partial charge in [0, 0.05) is 26.7 Å². The maximum atomic E-state index is 11.7. The van der Waals surface area contributed by atoms with E-state index in [4.69, 9.17) is 0 Å². The van der Waals surface area contributed by atoms with Crippen LogP contribution in [-0.2, 0) is 0 Å². The highest BCUT2D eigenvalue weighted by Gasteiger charge is 2.11. The van der Waals surface area contributed by atoms with Crippen molar-refractivity contribution < 1.29 is 4.79 Å². The third-order valence-corrected chi connectivity index (χ3v) is 1.91. The molecule has 0 bridgehead atoms. The first-order valence-electron chi connectivity index (χ1n) is 4.13. The topological polar surface area (TPSA) is 23.6 Å². The molecule has 70 valence electrons. The van der Waals surface area contributed by atoms with E-state index in [1.54, 1.807) is 17.1 Å². The van der Waals surface area contributed by atoms with Crippen molar-refractivity contribution in [1.82, 2.24) is 10.0 Å². The highest BCUT2D eigenvalue weighted by Crippen LogP contribution is 2.03. The van der Waals surface area contributed by atoms with Gasteiger partial charge in [-0.15, -0.1) is 0 Å². The van der Waals surface area contributed by atoms with Gasteiger partial charge < -0.3 is 0 Å². The lowest BCUT2D eigenvalue weighted by Crippen LogP contribution is -2.38. The van der Waals surface area contributed by atoms with Crippen LogP contribution in [0.5, 0.6) is 0 Å². The molecule has 0 atom stereocenters. The molecule has 1 aromatic carbocycles. The lowest BCUT2D eigenvalue weighted by atomic mass is 10.2. The molecule has 0 spiro atoms. The third-order valence-electron chi connectivity index (χ3n) is 1.91. The molecule has 1 rings (SSSR count). The zero-order chi connectivity index (χ0) is 9.84. The molecule has 0 fully saturated rings. The van der Waals surface area contributed by atoms with Crippen LogP contribution in [0, 0.1) is 0 Å². The molecule has 0 unspecified atom stereocenters. The van der Waals surface area contributed by atoms with E-state index < -0.39 is 0 Å². The summed E-state index contributed by atoms with van der Waals surface area (Å²) in [6, 6.07) is 9.23. The summed E-state index contributed by atoms with van der Waals surface area (Å²) >= 11 is 0. The summed E-state index contributed by atoms with van der Waals surface area (Å²) in [6.07, 6.45) is 0. The van der Waals surface area contributed by atoms with Crippen molar-refractivity contribution in [3.05, 3.63) is 35.9 Å². The molecule has 0 saturated carbocycles. The summed E-state index contributed by atoms with van der Waals surface area (Å²) in [5, 5.41) is 3.31. The molecule has 0 aliphatic heterocycles. The van der Waals surface area contributed by atoms with Crippen molar-refractivity contribution in [1.29, 1.82) is 0 Å². The van der Waals surface area contributed by atoms with Crippen LogP contribution in [0.3, 0.4) is 0 Å². The minimum absolute atomic E-state index is 0.00519. The van der Waals surface area contributed by atoms with E-state index >= 15 is 0 Å². The SMILES string of the molecule is CN(C)N(C)C(=O)c1ccccc1. The summed E-state index contributed by atoms with van der Waals surface area (Å²) in [5.74, 6) is 0.00519. The molecule has 3 heteroatoms. The molecular weight excluding hydrogens is 164 g/mol. The van der Waals surface area contributed by atoms with Crippen LogP contribution in [0.4, 0.5) is 0 Å². The van der Waals surface area contributed by atoms with Crippen LogP contribution in [0.25, 0.3) is 0 Å². The van der Waals surface area contributed by atoms with Crippen LogP contribution in [0.15, 0.2) is 30.3 Å². The smallest absolute Gasteiger partial charge is 0.267 e. The number of hydrogen-bond donors (Lipinski definition) is 0. The molecule has 1 amide bonds. The third kappa shape index (κ3) is 2.29.